The Kier molecular flexibility index (Phi) is 5.24. The maximum atomic E-state index is 12.3. The highest BCUT2D eigenvalue weighted by Crippen LogP contribution is 2.23. The lowest BCUT2D eigenvalue weighted by Crippen LogP contribution is -2.31. The Morgan fingerprint density at radius 3 is 2.32 bits per heavy atom. The molecule has 1 saturated heterocycles. The maximum absolute atomic E-state index is 12.3. The monoisotopic (exact) mass is 357 g/mol. The van der Waals surface area contributed by atoms with Crippen molar-refractivity contribution in [3.63, 3.8) is 0 Å². The van der Waals surface area contributed by atoms with Crippen LogP contribution in [0, 0.1) is 0 Å². The molecule has 0 radical (unpaired) electrons. The molecule has 1 atom stereocenters. The predicted molar refractivity (Wildman–Crippen MR) is 101 cm³/mol. The molecule has 0 unspecified atom stereocenters. The van der Waals surface area contributed by atoms with E-state index < -0.39 is 6.04 Å². The highest BCUT2D eigenvalue weighted by atomic mass is 35.5. The summed E-state index contributed by atoms with van der Waals surface area (Å²) in [4.78, 5) is 25.8. The number of rotatable bonds is 5. The molecule has 1 aliphatic rings. The molecule has 0 bridgehead atoms. The summed E-state index contributed by atoms with van der Waals surface area (Å²) in [6.07, 6.45) is 1.52. The van der Waals surface area contributed by atoms with Crippen LogP contribution in [0.5, 0.6) is 0 Å². The van der Waals surface area contributed by atoms with E-state index in [1.807, 2.05) is 24.3 Å². The summed E-state index contributed by atoms with van der Waals surface area (Å²) >= 11 is 5.84. The van der Waals surface area contributed by atoms with Crippen LogP contribution in [0.4, 0.5) is 17.1 Å². The third-order valence-electron chi connectivity index (χ3n) is 4.14. The van der Waals surface area contributed by atoms with Crippen LogP contribution in [0.2, 0.25) is 5.02 Å². The zero-order chi connectivity index (χ0) is 17.8. The SMILES string of the molecule is C[C@H](Nc1ccc(N2CCCC2=O)cc1)C(=O)Nc1ccc(Cl)cc1. The van der Waals surface area contributed by atoms with Gasteiger partial charge >= 0.3 is 0 Å². The molecule has 0 spiro atoms. The fourth-order valence-electron chi connectivity index (χ4n) is 2.76. The normalized spacial score (nSPS) is 15.1. The molecule has 25 heavy (non-hydrogen) atoms. The Hall–Kier alpha value is -2.53. The van der Waals surface area contributed by atoms with Crippen LogP contribution in [0.15, 0.2) is 48.5 Å². The van der Waals surface area contributed by atoms with Gasteiger partial charge in [0.15, 0.2) is 0 Å². The van der Waals surface area contributed by atoms with E-state index in [-0.39, 0.29) is 11.8 Å². The quantitative estimate of drug-likeness (QED) is 0.853. The summed E-state index contributed by atoms with van der Waals surface area (Å²) in [5, 5.41) is 6.62. The van der Waals surface area contributed by atoms with Crippen molar-refractivity contribution >= 4 is 40.5 Å². The first kappa shape index (κ1) is 17.3. The first-order valence-corrected chi connectivity index (χ1v) is 8.64. The molecular formula is C19H20ClN3O2. The third kappa shape index (κ3) is 4.31. The number of nitrogens with one attached hydrogen (secondary N) is 2. The molecule has 2 aromatic rings. The Labute approximate surface area is 152 Å². The van der Waals surface area contributed by atoms with Crippen molar-refractivity contribution < 1.29 is 9.59 Å². The molecule has 2 aromatic carbocycles. The first-order valence-electron chi connectivity index (χ1n) is 8.26. The van der Waals surface area contributed by atoms with E-state index in [0.29, 0.717) is 17.1 Å². The van der Waals surface area contributed by atoms with Gasteiger partial charge in [-0.3, -0.25) is 9.59 Å². The predicted octanol–water partition coefficient (Wildman–Crippen LogP) is 3.91. The second-order valence-electron chi connectivity index (χ2n) is 6.06. The number of halogens is 1. The lowest BCUT2D eigenvalue weighted by molar-refractivity contribution is -0.117. The number of amides is 2. The molecule has 1 heterocycles. The van der Waals surface area contributed by atoms with Crippen molar-refractivity contribution in [3.05, 3.63) is 53.6 Å². The van der Waals surface area contributed by atoms with Crippen LogP contribution in [0.1, 0.15) is 19.8 Å². The minimum absolute atomic E-state index is 0.138. The lowest BCUT2D eigenvalue weighted by Gasteiger charge is -2.18. The van der Waals surface area contributed by atoms with Gasteiger partial charge in [-0.2, -0.15) is 0 Å². The molecule has 2 amide bonds. The van der Waals surface area contributed by atoms with E-state index in [2.05, 4.69) is 10.6 Å². The smallest absolute Gasteiger partial charge is 0.246 e. The summed E-state index contributed by atoms with van der Waals surface area (Å²) in [7, 11) is 0. The first-order chi connectivity index (χ1) is 12.0. The molecule has 1 aliphatic heterocycles. The molecule has 6 heteroatoms. The largest absolute Gasteiger partial charge is 0.374 e. The van der Waals surface area contributed by atoms with E-state index >= 15 is 0 Å². The van der Waals surface area contributed by atoms with Crippen molar-refractivity contribution in [2.24, 2.45) is 0 Å². The zero-order valence-corrected chi connectivity index (χ0v) is 14.7. The minimum Gasteiger partial charge on any atom is -0.374 e. The Bertz CT molecular complexity index is 759. The highest BCUT2D eigenvalue weighted by Gasteiger charge is 2.21. The van der Waals surface area contributed by atoms with E-state index in [4.69, 9.17) is 11.6 Å². The van der Waals surface area contributed by atoms with Crippen molar-refractivity contribution in [1.82, 2.24) is 0 Å². The zero-order valence-electron chi connectivity index (χ0n) is 14.0. The van der Waals surface area contributed by atoms with Gasteiger partial charge in [0, 0.05) is 35.1 Å². The van der Waals surface area contributed by atoms with Gasteiger partial charge in [-0.15, -0.1) is 0 Å². The summed E-state index contributed by atoms with van der Waals surface area (Å²) in [5.74, 6) is 0.0255. The molecule has 1 fully saturated rings. The van der Waals surface area contributed by atoms with Gasteiger partial charge in [0.1, 0.15) is 6.04 Å². The molecule has 0 aliphatic carbocycles. The number of benzene rings is 2. The van der Waals surface area contributed by atoms with Crippen LogP contribution in [-0.4, -0.2) is 24.4 Å². The molecule has 0 saturated carbocycles. The van der Waals surface area contributed by atoms with Gasteiger partial charge in [-0.05, 0) is 61.9 Å². The number of anilines is 3. The number of carbonyl (C=O) groups excluding carboxylic acids is 2. The molecule has 130 valence electrons. The summed E-state index contributed by atoms with van der Waals surface area (Å²) < 4.78 is 0. The number of nitrogens with zero attached hydrogens (tertiary/aromatic N) is 1. The van der Waals surface area contributed by atoms with E-state index in [1.165, 1.54) is 0 Å². The average molecular weight is 358 g/mol. The van der Waals surface area contributed by atoms with Crippen molar-refractivity contribution in [2.45, 2.75) is 25.8 Å². The van der Waals surface area contributed by atoms with Gasteiger partial charge in [0.25, 0.3) is 0 Å². The summed E-state index contributed by atoms with van der Waals surface area (Å²) in [6.45, 7) is 2.56. The Morgan fingerprint density at radius 2 is 1.72 bits per heavy atom. The molecule has 5 nitrogen and oxygen atoms in total. The molecular weight excluding hydrogens is 338 g/mol. The van der Waals surface area contributed by atoms with Crippen LogP contribution in [0.25, 0.3) is 0 Å². The fraction of sp³-hybridized carbons (Fsp3) is 0.263. The lowest BCUT2D eigenvalue weighted by atomic mass is 10.2. The fourth-order valence-corrected chi connectivity index (χ4v) is 2.88. The van der Waals surface area contributed by atoms with E-state index in [9.17, 15) is 9.59 Å². The van der Waals surface area contributed by atoms with Gasteiger partial charge in [0.05, 0.1) is 0 Å². The summed E-state index contributed by atoms with van der Waals surface area (Å²) in [5.41, 5.74) is 2.42. The Morgan fingerprint density at radius 1 is 1.08 bits per heavy atom. The second kappa shape index (κ2) is 7.57. The van der Waals surface area contributed by atoms with Crippen molar-refractivity contribution in [3.8, 4) is 0 Å². The minimum atomic E-state index is -0.407. The van der Waals surface area contributed by atoms with Gasteiger partial charge in [0.2, 0.25) is 11.8 Å². The summed E-state index contributed by atoms with van der Waals surface area (Å²) in [6, 6.07) is 14.1. The van der Waals surface area contributed by atoms with Crippen molar-refractivity contribution in [1.29, 1.82) is 0 Å². The molecule has 2 N–H and O–H groups in total. The van der Waals surface area contributed by atoms with Crippen LogP contribution in [-0.2, 0) is 9.59 Å². The van der Waals surface area contributed by atoms with Gasteiger partial charge in [-0.1, -0.05) is 11.6 Å². The van der Waals surface area contributed by atoms with Crippen LogP contribution in [0.3, 0.4) is 0 Å². The van der Waals surface area contributed by atoms with Crippen LogP contribution < -0.4 is 15.5 Å². The maximum Gasteiger partial charge on any atom is 0.246 e. The number of hydrogen-bond acceptors (Lipinski definition) is 3. The Balaban J connectivity index is 1.58. The molecule has 0 aromatic heterocycles. The van der Waals surface area contributed by atoms with Gasteiger partial charge in [-0.25, -0.2) is 0 Å². The molecule has 3 rings (SSSR count). The average Bonchev–Trinajstić information content (AvgIpc) is 3.03. The standard InChI is InChI=1S/C19H20ClN3O2/c1-13(19(25)22-16-6-4-14(20)5-7-16)21-15-8-10-17(11-9-15)23-12-2-3-18(23)24/h4-11,13,21H,2-3,12H2,1H3,(H,22,25)/t13-/m0/s1. The van der Waals surface area contributed by atoms with Crippen molar-refractivity contribution in [2.75, 3.05) is 22.1 Å². The van der Waals surface area contributed by atoms with E-state index in [1.54, 1.807) is 36.1 Å². The third-order valence-corrected chi connectivity index (χ3v) is 4.39. The van der Waals surface area contributed by atoms with E-state index in [0.717, 1.165) is 24.3 Å². The van der Waals surface area contributed by atoms with Gasteiger partial charge < -0.3 is 15.5 Å². The number of hydrogen-bond donors (Lipinski definition) is 2. The highest BCUT2D eigenvalue weighted by molar-refractivity contribution is 6.30. The topological polar surface area (TPSA) is 61.4 Å². The number of carbonyl (C=O) groups is 2. The van der Waals surface area contributed by atoms with Crippen LogP contribution >= 0.6 is 11.6 Å². The second-order valence-corrected chi connectivity index (χ2v) is 6.49.